The summed E-state index contributed by atoms with van der Waals surface area (Å²) >= 11 is 1.17. The second kappa shape index (κ2) is 7.22. The third-order valence-electron chi connectivity index (χ3n) is 4.04. The summed E-state index contributed by atoms with van der Waals surface area (Å²) in [5, 5.41) is 0. The number of aryl methyl sites for hydroxylation is 3. The van der Waals surface area contributed by atoms with Gasteiger partial charge in [-0.15, -0.1) is 11.3 Å². The van der Waals surface area contributed by atoms with Gasteiger partial charge in [0.05, 0.1) is 6.54 Å². The molecular formula is C18H20N2O4S2. The molecule has 3 aromatic rings. The van der Waals surface area contributed by atoms with Gasteiger partial charge in [0.2, 0.25) is 10.0 Å². The maximum atomic E-state index is 12.5. The van der Waals surface area contributed by atoms with Gasteiger partial charge in [-0.3, -0.25) is 4.79 Å². The Morgan fingerprint density at radius 2 is 1.96 bits per heavy atom. The first-order valence-electron chi connectivity index (χ1n) is 8.18. The lowest BCUT2D eigenvalue weighted by Gasteiger charge is -2.06. The number of hydrogen-bond acceptors (Lipinski definition) is 5. The Morgan fingerprint density at radius 3 is 2.62 bits per heavy atom. The highest BCUT2D eigenvalue weighted by molar-refractivity contribution is 7.91. The second-order valence-corrected chi connectivity index (χ2v) is 9.05. The van der Waals surface area contributed by atoms with E-state index in [0.717, 1.165) is 21.9 Å². The van der Waals surface area contributed by atoms with E-state index in [0.29, 0.717) is 17.7 Å². The van der Waals surface area contributed by atoms with Crippen molar-refractivity contribution in [3.63, 3.8) is 0 Å². The molecule has 0 bridgehead atoms. The maximum absolute atomic E-state index is 12.5. The Labute approximate surface area is 155 Å². The number of rotatable bonds is 6. The number of sulfonamides is 1. The molecule has 6 nitrogen and oxygen atoms in total. The summed E-state index contributed by atoms with van der Waals surface area (Å²) in [7, 11) is -3.64. The van der Waals surface area contributed by atoms with Crippen molar-refractivity contribution in [3.8, 4) is 10.4 Å². The lowest BCUT2D eigenvalue weighted by atomic mass is 10.1. The first-order valence-corrected chi connectivity index (χ1v) is 10.5. The highest BCUT2D eigenvalue weighted by atomic mass is 32.2. The monoisotopic (exact) mass is 392 g/mol. The van der Waals surface area contributed by atoms with Crippen LogP contribution in [0.3, 0.4) is 0 Å². The summed E-state index contributed by atoms with van der Waals surface area (Å²) in [5.74, 6) is 1.30. The Balaban J connectivity index is 1.86. The number of pyridine rings is 1. The minimum Gasteiger partial charge on any atom is -0.465 e. The summed E-state index contributed by atoms with van der Waals surface area (Å²) in [4.78, 5) is 15.5. The van der Waals surface area contributed by atoms with Crippen LogP contribution in [0.1, 0.15) is 29.7 Å². The van der Waals surface area contributed by atoms with Crippen molar-refractivity contribution >= 4 is 21.4 Å². The van der Waals surface area contributed by atoms with Crippen molar-refractivity contribution in [2.45, 2.75) is 37.9 Å². The van der Waals surface area contributed by atoms with E-state index in [1.165, 1.54) is 11.3 Å². The average Bonchev–Trinajstić information content (AvgIpc) is 3.23. The molecule has 8 heteroatoms. The Hall–Kier alpha value is -2.16. The van der Waals surface area contributed by atoms with Crippen LogP contribution < -0.4 is 10.3 Å². The van der Waals surface area contributed by atoms with Gasteiger partial charge in [0, 0.05) is 21.7 Å². The molecule has 0 aromatic carbocycles. The number of hydrogen-bond donors (Lipinski definition) is 2. The van der Waals surface area contributed by atoms with E-state index in [1.54, 1.807) is 31.2 Å². The molecular weight excluding hydrogens is 372 g/mol. The SMILES string of the molecule is CCc1cc(-c2ccc(S(=O)(=O)NCc3ccc(C)o3)s2)c(C)[nH]c1=O. The molecule has 26 heavy (non-hydrogen) atoms. The first kappa shape index (κ1) is 18.6. The molecule has 0 aliphatic rings. The minimum atomic E-state index is -3.64. The number of nitrogens with one attached hydrogen (secondary N) is 2. The molecule has 3 rings (SSSR count). The smallest absolute Gasteiger partial charge is 0.251 e. The predicted molar refractivity (Wildman–Crippen MR) is 102 cm³/mol. The molecule has 0 amide bonds. The zero-order valence-corrected chi connectivity index (χ0v) is 16.4. The molecule has 0 atom stereocenters. The van der Waals surface area contributed by atoms with Crippen molar-refractivity contribution in [1.29, 1.82) is 0 Å². The number of aromatic nitrogens is 1. The molecule has 3 heterocycles. The van der Waals surface area contributed by atoms with Gasteiger partial charge in [0.15, 0.2) is 0 Å². The van der Waals surface area contributed by atoms with Crippen molar-refractivity contribution in [2.24, 2.45) is 0 Å². The van der Waals surface area contributed by atoms with Crippen LogP contribution in [0.2, 0.25) is 0 Å². The molecule has 138 valence electrons. The van der Waals surface area contributed by atoms with Crippen LogP contribution in [0.15, 0.2) is 43.8 Å². The van der Waals surface area contributed by atoms with Gasteiger partial charge in [-0.05, 0) is 50.6 Å². The van der Waals surface area contributed by atoms with Gasteiger partial charge < -0.3 is 9.40 Å². The third-order valence-corrected chi connectivity index (χ3v) is 7.05. The summed E-state index contributed by atoms with van der Waals surface area (Å²) < 4.78 is 33.2. The number of thiophene rings is 1. The molecule has 0 fully saturated rings. The highest BCUT2D eigenvalue weighted by Gasteiger charge is 2.19. The first-order chi connectivity index (χ1) is 12.3. The van der Waals surface area contributed by atoms with Crippen LogP contribution in [0.5, 0.6) is 0 Å². The molecule has 3 aromatic heterocycles. The molecule has 0 spiro atoms. The van der Waals surface area contributed by atoms with Crippen LogP contribution in [0.4, 0.5) is 0 Å². The summed E-state index contributed by atoms with van der Waals surface area (Å²) in [6.45, 7) is 5.62. The second-order valence-electron chi connectivity index (χ2n) is 5.97. The Morgan fingerprint density at radius 1 is 1.19 bits per heavy atom. The summed E-state index contributed by atoms with van der Waals surface area (Å²) in [5.41, 5.74) is 2.13. The van der Waals surface area contributed by atoms with Crippen LogP contribution in [0, 0.1) is 13.8 Å². The van der Waals surface area contributed by atoms with E-state index >= 15 is 0 Å². The van der Waals surface area contributed by atoms with Gasteiger partial charge in [-0.2, -0.15) is 0 Å². The quantitative estimate of drug-likeness (QED) is 0.673. The van der Waals surface area contributed by atoms with E-state index in [9.17, 15) is 13.2 Å². The minimum absolute atomic E-state index is 0.0983. The fourth-order valence-electron chi connectivity index (χ4n) is 2.61. The largest absolute Gasteiger partial charge is 0.465 e. The van der Waals surface area contributed by atoms with Gasteiger partial charge in [0.1, 0.15) is 15.7 Å². The van der Waals surface area contributed by atoms with Gasteiger partial charge in [-0.25, -0.2) is 13.1 Å². The Bertz CT molecular complexity index is 1090. The van der Waals surface area contributed by atoms with Crippen molar-refractivity contribution in [2.75, 3.05) is 0 Å². The fourth-order valence-corrected chi connectivity index (χ4v) is 5.03. The predicted octanol–water partition coefficient (Wildman–Crippen LogP) is 3.35. The van der Waals surface area contributed by atoms with E-state index in [-0.39, 0.29) is 16.3 Å². The van der Waals surface area contributed by atoms with E-state index < -0.39 is 10.0 Å². The molecule has 2 N–H and O–H groups in total. The molecule has 0 saturated carbocycles. The van der Waals surface area contributed by atoms with Crippen molar-refractivity contribution in [1.82, 2.24) is 9.71 Å². The maximum Gasteiger partial charge on any atom is 0.251 e. The summed E-state index contributed by atoms with van der Waals surface area (Å²) in [6.07, 6.45) is 0.614. The number of aromatic amines is 1. The van der Waals surface area contributed by atoms with Gasteiger partial charge in [0.25, 0.3) is 5.56 Å². The lowest BCUT2D eigenvalue weighted by Crippen LogP contribution is -2.22. The number of furan rings is 1. The standard InChI is InChI=1S/C18H20N2O4S2/c1-4-13-9-15(12(3)20-18(13)21)16-7-8-17(25-16)26(22,23)19-10-14-6-5-11(2)24-14/h5-9,19H,4,10H2,1-3H3,(H,20,21). The van der Waals surface area contributed by atoms with E-state index in [2.05, 4.69) is 9.71 Å². The van der Waals surface area contributed by atoms with Gasteiger partial charge >= 0.3 is 0 Å². The van der Waals surface area contributed by atoms with Crippen LogP contribution in [-0.2, 0) is 23.0 Å². The fraction of sp³-hybridized carbons (Fsp3) is 0.278. The van der Waals surface area contributed by atoms with Crippen molar-refractivity contribution < 1.29 is 12.8 Å². The van der Waals surface area contributed by atoms with Crippen molar-refractivity contribution in [3.05, 3.63) is 63.5 Å². The van der Waals surface area contributed by atoms with E-state index in [1.807, 2.05) is 19.9 Å². The Kier molecular flexibility index (Phi) is 5.17. The molecule has 0 aliphatic carbocycles. The summed E-state index contributed by atoms with van der Waals surface area (Å²) in [6, 6.07) is 8.70. The zero-order valence-electron chi connectivity index (χ0n) is 14.8. The number of H-pyrrole nitrogens is 1. The highest BCUT2D eigenvalue weighted by Crippen LogP contribution is 2.32. The van der Waals surface area contributed by atoms with E-state index in [4.69, 9.17) is 4.42 Å². The molecule has 0 aliphatic heterocycles. The molecule has 0 saturated heterocycles. The normalized spacial score (nSPS) is 11.8. The average molecular weight is 393 g/mol. The van der Waals surface area contributed by atoms with Crippen LogP contribution >= 0.6 is 11.3 Å². The topological polar surface area (TPSA) is 92.2 Å². The third kappa shape index (κ3) is 3.82. The van der Waals surface area contributed by atoms with Gasteiger partial charge in [-0.1, -0.05) is 6.92 Å². The molecule has 0 radical (unpaired) electrons. The van der Waals surface area contributed by atoms with Crippen LogP contribution in [0.25, 0.3) is 10.4 Å². The molecule has 0 unspecified atom stereocenters. The zero-order chi connectivity index (χ0) is 18.9. The lowest BCUT2D eigenvalue weighted by molar-refractivity contribution is 0.475. The van der Waals surface area contributed by atoms with Crippen LogP contribution in [-0.4, -0.2) is 13.4 Å².